The standard InChI is InChI=1S/C11H11F3O3/c1-2-16-10(15)7-17-9-6-4-3-5-8(9)11(12,13)14/h3-7,15H,2H2,1H3. The van der Waals surface area contributed by atoms with Crippen molar-refractivity contribution in [2.75, 3.05) is 6.61 Å². The van der Waals surface area contributed by atoms with Gasteiger partial charge in [0.1, 0.15) is 5.75 Å². The van der Waals surface area contributed by atoms with Gasteiger partial charge in [-0.2, -0.15) is 13.2 Å². The van der Waals surface area contributed by atoms with Gasteiger partial charge in [-0.15, -0.1) is 0 Å². The third-order valence-corrected chi connectivity index (χ3v) is 1.77. The highest BCUT2D eigenvalue weighted by atomic mass is 19.4. The van der Waals surface area contributed by atoms with E-state index in [-0.39, 0.29) is 6.61 Å². The second-order valence-electron chi connectivity index (χ2n) is 3.00. The maximum Gasteiger partial charge on any atom is 0.419 e. The average molecular weight is 248 g/mol. The van der Waals surface area contributed by atoms with Crippen LogP contribution in [0.5, 0.6) is 5.75 Å². The van der Waals surface area contributed by atoms with Crippen molar-refractivity contribution < 1.29 is 27.8 Å². The van der Waals surface area contributed by atoms with Crippen LogP contribution in [-0.4, -0.2) is 11.7 Å². The van der Waals surface area contributed by atoms with Crippen molar-refractivity contribution in [1.29, 1.82) is 0 Å². The second-order valence-corrected chi connectivity index (χ2v) is 3.00. The minimum Gasteiger partial charge on any atom is -0.479 e. The number of benzene rings is 1. The fraction of sp³-hybridized carbons (Fsp3) is 0.273. The number of rotatable bonds is 4. The fourth-order valence-corrected chi connectivity index (χ4v) is 1.10. The van der Waals surface area contributed by atoms with Gasteiger partial charge in [-0.25, -0.2) is 0 Å². The van der Waals surface area contributed by atoms with Crippen LogP contribution in [0, 0.1) is 0 Å². The summed E-state index contributed by atoms with van der Waals surface area (Å²) in [5, 5.41) is 9.04. The van der Waals surface area contributed by atoms with Gasteiger partial charge in [0.15, 0.2) is 6.26 Å². The van der Waals surface area contributed by atoms with Gasteiger partial charge >= 0.3 is 12.1 Å². The largest absolute Gasteiger partial charge is 0.479 e. The van der Waals surface area contributed by atoms with Crippen molar-refractivity contribution >= 4 is 0 Å². The van der Waals surface area contributed by atoms with E-state index in [9.17, 15) is 13.2 Å². The molecule has 0 radical (unpaired) electrons. The number of aliphatic hydroxyl groups excluding tert-OH is 1. The molecule has 0 aromatic heterocycles. The molecule has 17 heavy (non-hydrogen) atoms. The molecule has 0 bridgehead atoms. The molecule has 0 fully saturated rings. The molecule has 1 N–H and O–H groups in total. The molecule has 0 spiro atoms. The molecule has 0 saturated carbocycles. The highest BCUT2D eigenvalue weighted by molar-refractivity contribution is 5.36. The monoisotopic (exact) mass is 248 g/mol. The van der Waals surface area contributed by atoms with Gasteiger partial charge in [0.2, 0.25) is 0 Å². The lowest BCUT2D eigenvalue weighted by atomic mass is 10.2. The van der Waals surface area contributed by atoms with Crippen molar-refractivity contribution in [1.82, 2.24) is 0 Å². The van der Waals surface area contributed by atoms with Gasteiger partial charge in [0.25, 0.3) is 0 Å². The summed E-state index contributed by atoms with van der Waals surface area (Å²) in [5.74, 6) is -0.976. The van der Waals surface area contributed by atoms with Gasteiger partial charge in [0.05, 0.1) is 12.2 Å². The van der Waals surface area contributed by atoms with Crippen LogP contribution in [0.1, 0.15) is 12.5 Å². The van der Waals surface area contributed by atoms with Crippen molar-refractivity contribution in [2.24, 2.45) is 0 Å². The third-order valence-electron chi connectivity index (χ3n) is 1.77. The molecule has 1 aromatic carbocycles. The van der Waals surface area contributed by atoms with Crippen molar-refractivity contribution in [3.8, 4) is 5.75 Å². The predicted octanol–water partition coefficient (Wildman–Crippen LogP) is 3.48. The Balaban J connectivity index is 2.88. The lowest BCUT2D eigenvalue weighted by molar-refractivity contribution is -0.138. The van der Waals surface area contributed by atoms with Crippen LogP contribution in [0.2, 0.25) is 0 Å². The maximum absolute atomic E-state index is 12.5. The Hall–Kier alpha value is -1.85. The minimum atomic E-state index is -4.51. The summed E-state index contributed by atoms with van der Waals surface area (Å²) in [7, 11) is 0. The molecular weight excluding hydrogens is 237 g/mol. The molecule has 94 valence electrons. The van der Waals surface area contributed by atoms with Gasteiger partial charge in [0, 0.05) is 0 Å². The van der Waals surface area contributed by atoms with Gasteiger partial charge in [-0.05, 0) is 19.1 Å². The molecule has 0 saturated heterocycles. The van der Waals surface area contributed by atoms with Crippen LogP contribution >= 0.6 is 0 Å². The lowest BCUT2D eigenvalue weighted by Crippen LogP contribution is -2.07. The highest BCUT2D eigenvalue weighted by Gasteiger charge is 2.33. The Labute approximate surface area is 96.1 Å². The first kappa shape index (κ1) is 13.2. The molecule has 1 rings (SSSR count). The summed E-state index contributed by atoms with van der Waals surface area (Å²) in [6, 6.07) is 4.69. The summed E-state index contributed by atoms with van der Waals surface area (Å²) in [6.45, 7) is 1.81. The van der Waals surface area contributed by atoms with E-state index in [4.69, 9.17) is 9.84 Å². The average Bonchev–Trinajstić information content (AvgIpc) is 2.26. The number of para-hydroxylation sites is 1. The second kappa shape index (κ2) is 5.47. The van der Waals surface area contributed by atoms with Crippen molar-refractivity contribution in [3.63, 3.8) is 0 Å². The Bertz CT molecular complexity index is 399. The summed E-state index contributed by atoms with van der Waals surface area (Å²) in [4.78, 5) is 0. The molecule has 0 aliphatic rings. The number of hydrogen-bond acceptors (Lipinski definition) is 3. The van der Waals surface area contributed by atoms with Crippen LogP contribution in [0.4, 0.5) is 13.2 Å². The maximum atomic E-state index is 12.5. The van der Waals surface area contributed by atoms with E-state index >= 15 is 0 Å². The predicted molar refractivity (Wildman–Crippen MR) is 54.4 cm³/mol. The zero-order chi connectivity index (χ0) is 12.9. The number of halogens is 3. The van der Waals surface area contributed by atoms with Crippen molar-refractivity contribution in [3.05, 3.63) is 42.0 Å². The molecular formula is C11H11F3O3. The fourth-order valence-electron chi connectivity index (χ4n) is 1.10. The first-order valence-electron chi connectivity index (χ1n) is 4.80. The first-order valence-corrected chi connectivity index (χ1v) is 4.80. The molecule has 0 amide bonds. The highest BCUT2D eigenvalue weighted by Crippen LogP contribution is 2.35. The Morgan fingerprint density at radius 3 is 2.59 bits per heavy atom. The molecule has 0 heterocycles. The van der Waals surface area contributed by atoms with E-state index in [0.717, 1.165) is 12.1 Å². The molecule has 0 atom stereocenters. The molecule has 0 unspecified atom stereocenters. The minimum absolute atomic E-state index is 0.187. The SMILES string of the molecule is CCOC(O)=COc1ccccc1C(F)(F)F. The summed E-state index contributed by atoms with van der Waals surface area (Å²) in [6.07, 6.45) is -3.79. The number of alkyl halides is 3. The summed E-state index contributed by atoms with van der Waals surface area (Å²) in [5.41, 5.74) is -0.916. The molecule has 6 heteroatoms. The van der Waals surface area contributed by atoms with Crippen LogP contribution in [0.15, 0.2) is 36.5 Å². The zero-order valence-electron chi connectivity index (χ0n) is 8.99. The molecule has 0 aliphatic carbocycles. The van der Waals surface area contributed by atoms with Crippen LogP contribution < -0.4 is 4.74 Å². The zero-order valence-corrected chi connectivity index (χ0v) is 8.99. The van der Waals surface area contributed by atoms with E-state index < -0.39 is 23.4 Å². The number of ether oxygens (including phenoxy) is 2. The van der Waals surface area contributed by atoms with E-state index in [1.807, 2.05) is 0 Å². The van der Waals surface area contributed by atoms with Crippen LogP contribution in [-0.2, 0) is 10.9 Å². The number of hydrogen-bond donors (Lipinski definition) is 1. The Morgan fingerprint density at radius 2 is 2.00 bits per heavy atom. The Kier molecular flexibility index (Phi) is 4.25. The first-order chi connectivity index (χ1) is 7.95. The summed E-state index contributed by atoms with van der Waals surface area (Å²) >= 11 is 0. The quantitative estimate of drug-likeness (QED) is 0.829. The van der Waals surface area contributed by atoms with Gasteiger partial charge in [-0.1, -0.05) is 12.1 Å². The molecule has 1 aromatic rings. The third kappa shape index (κ3) is 3.90. The molecule has 3 nitrogen and oxygen atoms in total. The topological polar surface area (TPSA) is 38.7 Å². The van der Waals surface area contributed by atoms with E-state index in [0.29, 0.717) is 6.26 Å². The number of aliphatic hydroxyl groups is 1. The van der Waals surface area contributed by atoms with E-state index in [1.165, 1.54) is 12.1 Å². The smallest absolute Gasteiger partial charge is 0.419 e. The lowest BCUT2D eigenvalue weighted by Gasteiger charge is -2.11. The van der Waals surface area contributed by atoms with Crippen LogP contribution in [0.3, 0.4) is 0 Å². The summed E-state index contributed by atoms with van der Waals surface area (Å²) < 4.78 is 46.9. The Morgan fingerprint density at radius 1 is 1.35 bits per heavy atom. The van der Waals surface area contributed by atoms with Gasteiger partial charge < -0.3 is 14.6 Å². The van der Waals surface area contributed by atoms with E-state index in [1.54, 1.807) is 6.92 Å². The van der Waals surface area contributed by atoms with E-state index in [2.05, 4.69) is 4.74 Å². The van der Waals surface area contributed by atoms with Gasteiger partial charge in [-0.3, -0.25) is 0 Å². The normalized spacial score (nSPS) is 12.4. The molecule has 0 aliphatic heterocycles. The van der Waals surface area contributed by atoms with Crippen LogP contribution in [0.25, 0.3) is 0 Å². The van der Waals surface area contributed by atoms with Crippen molar-refractivity contribution in [2.45, 2.75) is 13.1 Å².